The van der Waals surface area contributed by atoms with E-state index in [-0.39, 0.29) is 5.69 Å². The van der Waals surface area contributed by atoms with E-state index in [9.17, 15) is 14.0 Å². The molecule has 0 aromatic heterocycles. The summed E-state index contributed by atoms with van der Waals surface area (Å²) in [6.45, 7) is 1.95. The van der Waals surface area contributed by atoms with Crippen molar-refractivity contribution in [3.63, 3.8) is 0 Å². The van der Waals surface area contributed by atoms with Crippen LogP contribution in [0.3, 0.4) is 0 Å². The number of hydrogen-bond donors (Lipinski definition) is 1. The second-order valence-corrected chi connectivity index (χ2v) is 5.61. The maximum atomic E-state index is 13.6. The predicted molar refractivity (Wildman–Crippen MR) is 77.3 cm³/mol. The molecule has 1 aliphatic heterocycles. The highest BCUT2D eigenvalue weighted by atomic mass is 79.9. The molecule has 0 bridgehead atoms. The van der Waals surface area contributed by atoms with Crippen molar-refractivity contribution in [2.24, 2.45) is 0 Å². The number of halogens is 2. The predicted octanol–water partition coefficient (Wildman–Crippen LogP) is 2.64. The molecule has 1 fully saturated rings. The molecule has 0 aliphatic carbocycles. The summed E-state index contributed by atoms with van der Waals surface area (Å²) in [5.41, 5.74) is 0.0308. The summed E-state index contributed by atoms with van der Waals surface area (Å²) in [6, 6.07) is 4.26. The second-order valence-electron chi connectivity index (χ2n) is 4.69. The van der Waals surface area contributed by atoms with Crippen molar-refractivity contribution in [1.29, 1.82) is 0 Å². The van der Waals surface area contributed by atoms with Crippen molar-refractivity contribution >= 4 is 33.5 Å². The summed E-state index contributed by atoms with van der Waals surface area (Å²) in [6.07, 6.45) is -0.242. The van der Waals surface area contributed by atoms with Crippen LogP contribution in [0.2, 0.25) is 0 Å². The number of nitrogens with one attached hydrogen (secondary N) is 1. The van der Waals surface area contributed by atoms with Gasteiger partial charge >= 0.3 is 5.97 Å². The van der Waals surface area contributed by atoms with Crippen LogP contribution in [0.4, 0.5) is 10.1 Å². The average molecular weight is 360 g/mol. The molecule has 1 N–H and O–H groups in total. The van der Waals surface area contributed by atoms with Gasteiger partial charge < -0.3 is 14.8 Å². The van der Waals surface area contributed by atoms with Gasteiger partial charge in [-0.3, -0.25) is 4.79 Å². The van der Waals surface area contributed by atoms with E-state index in [1.165, 1.54) is 19.1 Å². The van der Waals surface area contributed by atoms with E-state index in [1.54, 1.807) is 6.07 Å². The van der Waals surface area contributed by atoms with Gasteiger partial charge in [0, 0.05) is 11.1 Å². The minimum atomic E-state index is -1.02. The molecule has 1 amide bonds. The standard InChI is InChI=1S/C14H15BrFNO4/c1-8(21-14(19)12-3-2-6-20-12)13(18)17-11-5-4-9(15)7-10(11)16/h4-5,7-8,12H,2-3,6H2,1H3,(H,17,18)/t8-,12-/m0/s1. The molecule has 114 valence electrons. The number of anilines is 1. The molecule has 0 unspecified atom stereocenters. The number of carbonyl (C=O) groups excluding carboxylic acids is 2. The second kappa shape index (κ2) is 7.00. The van der Waals surface area contributed by atoms with Gasteiger partial charge in [0.05, 0.1) is 5.69 Å². The lowest BCUT2D eigenvalue weighted by atomic mass is 10.2. The molecule has 1 aromatic rings. The van der Waals surface area contributed by atoms with Gasteiger partial charge in [-0.1, -0.05) is 15.9 Å². The van der Waals surface area contributed by atoms with Crippen LogP contribution in [0.1, 0.15) is 19.8 Å². The number of amides is 1. The largest absolute Gasteiger partial charge is 0.451 e. The topological polar surface area (TPSA) is 64.6 Å². The lowest BCUT2D eigenvalue weighted by molar-refractivity contribution is -0.162. The summed E-state index contributed by atoms with van der Waals surface area (Å²) in [5.74, 6) is -1.73. The molecule has 1 aromatic carbocycles. The molecule has 0 radical (unpaired) electrons. The van der Waals surface area contributed by atoms with Crippen LogP contribution >= 0.6 is 15.9 Å². The first-order valence-corrected chi connectivity index (χ1v) is 7.34. The molecule has 2 rings (SSSR count). The van der Waals surface area contributed by atoms with Gasteiger partial charge in [-0.05, 0) is 38.0 Å². The molecule has 7 heteroatoms. The Morgan fingerprint density at radius 2 is 2.29 bits per heavy atom. The summed E-state index contributed by atoms with van der Waals surface area (Å²) in [5, 5.41) is 2.38. The zero-order valence-electron chi connectivity index (χ0n) is 11.4. The molecule has 5 nitrogen and oxygen atoms in total. The normalized spacial score (nSPS) is 19.1. The lowest BCUT2D eigenvalue weighted by Gasteiger charge is -2.16. The van der Waals surface area contributed by atoms with Gasteiger partial charge in [0.15, 0.2) is 12.2 Å². The molecule has 1 aliphatic rings. The third-order valence-corrected chi connectivity index (χ3v) is 3.54. The van der Waals surface area contributed by atoms with E-state index in [2.05, 4.69) is 21.2 Å². The van der Waals surface area contributed by atoms with Gasteiger partial charge in [-0.15, -0.1) is 0 Å². The lowest BCUT2D eigenvalue weighted by Crippen LogP contribution is -2.34. The fourth-order valence-corrected chi connectivity index (χ4v) is 2.23. The summed E-state index contributed by atoms with van der Waals surface area (Å²) in [4.78, 5) is 23.6. The fraction of sp³-hybridized carbons (Fsp3) is 0.429. The molecular weight excluding hydrogens is 345 g/mol. The van der Waals surface area contributed by atoms with Crippen LogP contribution in [0.25, 0.3) is 0 Å². The van der Waals surface area contributed by atoms with Crippen molar-refractivity contribution < 1.29 is 23.5 Å². The van der Waals surface area contributed by atoms with Gasteiger partial charge in [0.1, 0.15) is 5.82 Å². The maximum Gasteiger partial charge on any atom is 0.336 e. The third-order valence-electron chi connectivity index (χ3n) is 3.04. The number of carbonyl (C=O) groups is 2. The zero-order valence-corrected chi connectivity index (χ0v) is 13.0. The van der Waals surface area contributed by atoms with E-state index in [0.717, 1.165) is 6.42 Å². The van der Waals surface area contributed by atoms with Crippen LogP contribution in [0, 0.1) is 5.82 Å². The Bertz CT molecular complexity index is 546. The highest BCUT2D eigenvalue weighted by molar-refractivity contribution is 9.10. The smallest absolute Gasteiger partial charge is 0.336 e. The van der Waals surface area contributed by atoms with E-state index in [4.69, 9.17) is 9.47 Å². The minimum absolute atomic E-state index is 0.0308. The fourth-order valence-electron chi connectivity index (χ4n) is 1.89. The van der Waals surface area contributed by atoms with Gasteiger partial charge in [-0.2, -0.15) is 0 Å². The first-order valence-electron chi connectivity index (χ1n) is 6.55. The summed E-state index contributed by atoms with van der Waals surface area (Å²) in [7, 11) is 0. The van der Waals surface area contributed by atoms with E-state index in [1.807, 2.05) is 0 Å². The Hall–Kier alpha value is -1.47. The van der Waals surface area contributed by atoms with Gasteiger partial charge in [-0.25, -0.2) is 9.18 Å². The average Bonchev–Trinajstić information content (AvgIpc) is 2.95. The molecule has 0 spiro atoms. The Morgan fingerprint density at radius 3 is 2.90 bits per heavy atom. The van der Waals surface area contributed by atoms with Crippen LogP contribution in [-0.2, 0) is 19.1 Å². The Morgan fingerprint density at radius 1 is 1.52 bits per heavy atom. The highest BCUT2D eigenvalue weighted by Crippen LogP contribution is 2.20. The number of ether oxygens (including phenoxy) is 2. The number of esters is 1. The first kappa shape index (κ1) is 15.9. The third kappa shape index (κ3) is 4.25. The van der Waals surface area contributed by atoms with Crippen molar-refractivity contribution in [1.82, 2.24) is 0 Å². The SMILES string of the molecule is C[C@H](OC(=O)[C@@H]1CCCO1)C(=O)Nc1ccc(Br)cc1F. The zero-order chi connectivity index (χ0) is 15.4. The number of rotatable bonds is 4. The minimum Gasteiger partial charge on any atom is -0.451 e. The van der Waals surface area contributed by atoms with Crippen LogP contribution < -0.4 is 5.32 Å². The molecule has 0 saturated carbocycles. The van der Waals surface area contributed by atoms with E-state index in [0.29, 0.717) is 17.5 Å². The summed E-state index contributed by atoms with van der Waals surface area (Å²) >= 11 is 3.13. The Kier molecular flexibility index (Phi) is 5.30. The highest BCUT2D eigenvalue weighted by Gasteiger charge is 2.28. The number of benzene rings is 1. The molecule has 21 heavy (non-hydrogen) atoms. The molecule has 1 heterocycles. The van der Waals surface area contributed by atoms with Crippen molar-refractivity contribution in [3.8, 4) is 0 Å². The molecule has 2 atom stereocenters. The van der Waals surface area contributed by atoms with E-state index < -0.39 is 29.9 Å². The van der Waals surface area contributed by atoms with Gasteiger partial charge in [0.2, 0.25) is 0 Å². The summed E-state index contributed by atoms with van der Waals surface area (Å²) < 4.78 is 24.4. The van der Waals surface area contributed by atoms with Gasteiger partial charge in [0.25, 0.3) is 5.91 Å². The van der Waals surface area contributed by atoms with Crippen LogP contribution in [0.5, 0.6) is 0 Å². The monoisotopic (exact) mass is 359 g/mol. The van der Waals surface area contributed by atoms with E-state index >= 15 is 0 Å². The maximum absolute atomic E-state index is 13.6. The molecule has 1 saturated heterocycles. The molecular formula is C14H15BrFNO4. The van der Waals surface area contributed by atoms with Crippen molar-refractivity contribution in [3.05, 3.63) is 28.5 Å². The van der Waals surface area contributed by atoms with Crippen LogP contribution in [-0.4, -0.2) is 30.7 Å². The quantitative estimate of drug-likeness (QED) is 0.839. The Labute approximate surface area is 129 Å². The van der Waals surface area contributed by atoms with Crippen molar-refractivity contribution in [2.45, 2.75) is 32.0 Å². The van der Waals surface area contributed by atoms with Crippen molar-refractivity contribution in [2.75, 3.05) is 11.9 Å². The number of hydrogen-bond acceptors (Lipinski definition) is 4. The first-order chi connectivity index (χ1) is 9.97. The Balaban J connectivity index is 1.91. The van der Waals surface area contributed by atoms with Crippen LogP contribution in [0.15, 0.2) is 22.7 Å².